The Morgan fingerprint density at radius 3 is 2.12 bits per heavy atom. The van der Waals surface area contributed by atoms with Gasteiger partial charge in [0.25, 0.3) is 5.91 Å². The van der Waals surface area contributed by atoms with Gasteiger partial charge in [0.15, 0.2) is 11.6 Å². The number of amides is 1. The molecule has 1 heterocycles. The molecule has 0 saturated heterocycles. The normalized spacial score (nSPS) is 15.9. The molecule has 13 heteroatoms. The van der Waals surface area contributed by atoms with E-state index in [-0.39, 0.29) is 32.0 Å². The lowest BCUT2D eigenvalue weighted by Gasteiger charge is -2.31. The highest BCUT2D eigenvalue weighted by atomic mass is 16.5. The molecule has 5 aromatic rings. The third-order valence-corrected chi connectivity index (χ3v) is 9.52. The summed E-state index contributed by atoms with van der Waals surface area (Å²) in [5.41, 5.74) is 19.2. The standard InChI is InChI=1S/C43H44N6O7/c1-52-36-24-38(53-2)37(39(25-36)54-3)28-45-48-42(51)43(26-33-12-7-8-13-34(33)27-46-49-44)40(31-16-14-30(15-17-31)29-10-5-4-6-11-29)56-41(47-43)32-18-20-35(21-19-32)55-23-9-22-50/h4-8,10-21,24-25,40,45,50H,9,22-23,26-28H2,1-3H3,(H,48,51)/t40-,43-/m0/s1. The number of ether oxygens (including phenoxy) is 5. The minimum atomic E-state index is -1.56. The van der Waals surface area contributed by atoms with Crippen molar-refractivity contribution >= 4 is 11.8 Å². The molecule has 5 aromatic carbocycles. The molecule has 0 unspecified atom stereocenters. The van der Waals surface area contributed by atoms with Gasteiger partial charge in [-0.25, -0.2) is 10.4 Å². The van der Waals surface area contributed by atoms with Crippen LogP contribution >= 0.6 is 0 Å². The van der Waals surface area contributed by atoms with Crippen LogP contribution in [0.25, 0.3) is 21.6 Å². The van der Waals surface area contributed by atoms with Crippen molar-refractivity contribution in [1.82, 2.24) is 10.9 Å². The van der Waals surface area contributed by atoms with E-state index < -0.39 is 17.6 Å². The third-order valence-electron chi connectivity index (χ3n) is 9.52. The summed E-state index contributed by atoms with van der Waals surface area (Å²) < 4.78 is 29.2. The summed E-state index contributed by atoms with van der Waals surface area (Å²) in [4.78, 5) is 23.1. The van der Waals surface area contributed by atoms with Crippen molar-refractivity contribution in [3.05, 3.63) is 154 Å². The molecule has 288 valence electrons. The number of azide groups is 1. The van der Waals surface area contributed by atoms with Crippen molar-refractivity contribution in [2.24, 2.45) is 10.1 Å². The zero-order valence-electron chi connectivity index (χ0n) is 31.5. The van der Waals surface area contributed by atoms with E-state index in [1.54, 1.807) is 45.6 Å². The fourth-order valence-corrected chi connectivity index (χ4v) is 6.62. The molecule has 0 radical (unpaired) electrons. The summed E-state index contributed by atoms with van der Waals surface area (Å²) in [7, 11) is 4.65. The number of hydrazine groups is 1. The van der Waals surface area contributed by atoms with Gasteiger partial charge in [-0.05, 0) is 57.6 Å². The Kier molecular flexibility index (Phi) is 13.1. The van der Waals surface area contributed by atoms with Gasteiger partial charge in [0.05, 0.1) is 40.0 Å². The Balaban J connectivity index is 1.42. The lowest BCUT2D eigenvalue weighted by molar-refractivity contribution is -0.130. The van der Waals surface area contributed by atoms with Crippen LogP contribution < -0.4 is 29.8 Å². The second kappa shape index (κ2) is 18.7. The van der Waals surface area contributed by atoms with Gasteiger partial charge in [0.1, 0.15) is 23.0 Å². The first-order valence-electron chi connectivity index (χ1n) is 18.1. The molecule has 0 aromatic heterocycles. The van der Waals surface area contributed by atoms with Crippen molar-refractivity contribution < 1.29 is 33.6 Å². The second-order valence-electron chi connectivity index (χ2n) is 12.9. The SMILES string of the molecule is COc1cc(OC)c(CNNC(=O)[C@@]2(Cc3ccccc3CN=[N+]=[N-])N=C(c3ccc(OCCCO)cc3)O[C@H]2c2ccc(-c3ccccc3)cc2)c(OC)c1. The predicted molar refractivity (Wildman–Crippen MR) is 213 cm³/mol. The largest absolute Gasteiger partial charge is 0.496 e. The Labute approximate surface area is 325 Å². The van der Waals surface area contributed by atoms with E-state index in [0.29, 0.717) is 47.2 Å². The van der Waals surface area contributed by atoms with Gasteiger partial charge < -0.3 is 28.8 Å². The van der Waals surface area contributed by atoms with Crippen molar-refractivity contribution in [3.63, 3.8) is 0 Å². The van der Waals surface area contributed by atoms with E-state index in [1.165, 1.54) is 0 Å². The number of aliphatic hydroxyl groups excluding tert-OH is 1. The molecule has 0 fully saturated rings. The molecule has 3 N–H and O–H groups in total. The van der Waals surface area contributed by atoms with Gasteiger partial charge in [-0.1, -0.05) is 84.0 Å². The van der Waals surface area contributed by atoms with Crippen LogP contribution in [0.3, 0.4) is 0 Å². The lowest BCUT2D eigenvalue weighted by atomic mass is 9.80. The second-order valence-corrected chi connectivity index (χ2v) is 12.9. The molecule has 56 heavy (non-hydrogen) atoms. The summed E-state index contributed by atoms with van der Waals surface area (Å²) in [6.45, 7) is 0.624. The molecule has 6 rings (SSSR count). The van der Waals surface area contributed by atoms with Crippen LogP contribution in [0.4, 0.5) is 0 Å². The smallest absolute Gasteiger partial charge is 0.266 e. The van der Waals surface area contributed by atoms with Crippen LogP contribution in [0, 0.1) is 0 Å². The minimum absolute atomic E-state index is 0.0304. The first kappa shape index (κ1) is 39.2. The molecule has 0 bridgehead atoms. The fourth-order valence-electron chi connectivity index (χ4n) is 6.62. The number of nitrogens with one attached hydrogen (secondary N) is 2. The first-order chi connectivity index (χ1) is 27.4. The number of aliphatic imine (C=N–C) groups is 1. The first-order valence-corrected chi connectivity index (χ1v) is 18.1. The molecule has 1 amide bonds. The summed E-state index contributed by atoms with van der Waals surface area (Å²) in [5, 5.41) is 13.0. The molecule has 2 atom stereocenters. The van der Waals surface area contributed by atoms with E-state index in [9.17, 15) is 15.4 Å². The van der Waals surface area contributed by atoms with Crippen LogP contribution in [-0.4, -0.2) is 57.0 Å². The lowest BCUT2D eigenvalue weighted by Crippen LogP contribution is -2.53. The van der Waals surface area contributed by atoms with E-state index in [4.69, 9.17) is 28.7 Å². The summed E-state index contributed by atoms with van der Waals surface area (Å²) >= 11 is 0. The molecule has 0 aliphatic carbocycles. The molecule has 0 saturated carbocycles. The number of hydrogen-bond acceptors (Lipinski definition) is 10. The number of carbonyl (C=O) groups excluding carboxylic acids is 1. The molecule has 0 spiro atoms. The van der Waals surface area contributed by atoms with Gasteiger partial charge in [0, 0.05) is 48.6 Å². The maximum absolute atomic E-state index is 15.0. The summed E-state index contributed by atoms with van der Waals surface area (Å²) in [6.07, 6.45) is -0.279. The van der Waals surface area contributed by atoms with Crippen LogP contribution in [-0.2, 0) is 29.0 Å². The van der Waals surface area contributed by atoms with Crippen LogP contribution in [0.1, 0.15) is 40.3 Å². The number of rotatable bonds is 18. The minimum Gasteiger partial charge on any atom is -0.496 e. The summed E-state index contributed by atoms with van der Waals surface area (Å²) in [5.74, 6) is 2.01. The molecule has 1 aliphatic rings. The van der Waals surface area contributed by atoms with Gasteiger partial charge in [-0.15, -0.1) is 0 Å². The van der Waals surface area contributed by atoms with Gasteiger partial charge in [-0.3, -0.25) is 10.2 Å². The van der Waals surface area contributed by atoms with Crippen LogP contribution in [0.2, 0.25) is 0 Å². The average molecular weight is 757 g/mol. The number of methoxy groups -OCH3 is 3. The van der Waals surface area contributed by atoms with Gasteiger partial charge in [0.2, 0.25) is 5.90 Å². The molecule has 13 nitrogen and oxygen atoms in total. The van der Waals surface area contributed by atoms with E-state index in [0.717, 1.165) is 27.8 Å². The fraction of sp³-hybridized carbons (Fsp3) is 0.256. The monoisotopic (exact) mass is 756 g/mol. The van der Waals surface area contributed by atoms with Crippen LogP contribution in [0.5, 0.6) is 23.0 Å². The Morgan fingerprint density at radius 2 is 1.48 bits per heavy atom. The number of hydrogen-bond donors (Lipinski definition) is 3. The highest BCUT2D eigenvalue weighted by Gasteiger charge is 2.53. The zero-order valence-corrected chi connectivity index (χ0v) is 31.5. The van der Waals surface area contributed by atoms with Crippen molar-refractivity contribution in [2.75, 3.05) is 34.5 Å². The molecular formula is C43H44N6O7. The Morgan fingerprint density at radius 1 is 0.839 bits per heavy atom. The van der Waals surface area contributed by atoms with Gasteiger partial charge in [-0.2, -0.15) is 0 Å². The molecule has 1 aliphatic heterocycles. The number of nitrogens with zero attached hydrogens (tertiary/aromatic N) is 4. The molecular weight excluding hydrogens is 713 g/mol. The maximum Gasteiger partial charge on any atom is 0.266 e. The number of aliphatic hydroxyl groups is 1. The maximum atomic E-state index is 15.0. The zero-order chi connectivity index (χ0) is 39.3. The van der Waals surface area contributed by atoms with E-state index in [1.807, 2.05) is 91.0 Å². The van der Waals surface area contributed by atoms with Crippen molar-refractivity contribution in [1.29, 1.82) is 0 Å². The van der Waals surface area contributed by atoms with Crippen LogP contribution in [0.15, 0.2) is 125 Å². The Bertz CT molecular complexity index is 2150. The highest BCUT2D eigenvalue weighted by Crippen LogP contribution is 2.43. The van der Waals surface area contributed by atoms with E-state index in [2.05, 4.69) is 20.9 Å². The quantitative estimate of drug-likeness (QED) is 0.0276. The predicted octanol–water partition coefficient (Wildman–Crippen LogP) is 7.27. The highest BCUT2D eigenvalue weighted by molar-refractivity contribution is 6.01. The van der Waals surface area contributed by atoms with Crippen molar-refractivity contribution in [3.8, 4) is 34.1 Å². The van der Waals surface area contributed by atoms with Crippen molar-refractivity contribution in [2.45, 2.75) is 37.6 Å². The van der Waals surface area contributed by atoms with Gasteiger partial charge >= 0.3 is 0 Å². The third kappa shape index (κ3) is 8.88. The topological polar surface area (TPSA) is 169 Å². The van der Waals surface area contributed by atoms with E-state index >= 15 is 0 Å². The summed E-state index contributed by atoms with van der Waals surface area (Å²) in [6, 6.07) is 36.2. The number of benzene rings is 5. The average Bonchev–Trinajstić information content (AvgIpc) is 3.64. The Hall–Kier alpha value is -6.53. The number of carbonyl (C=O) groups is 1.